The Morgan fingerprint density at radius 1 is 1.30 bits per heavy atom. The van der Waals surface area contributed by atoms with E-state index in [-0.39, 0.29) is 22.6 Å². The SMILES string of the molecule is CCc1ccccc1C[C@H](N)C(=O)N1[C@H]2C[C@@H]3CC[C@@]2(CS1(=O)=O)C3(C)C. The Bertz CT molecular complexity index is 879. The summed E-state index contributed by atoms with van der Waals surface area (Å²) in [4.78, 5) is 13.2. The summed E-state index contributed by atoms with van der Waals surface area (Å²) < 4.78 is 27.2. The molecule has 27 heavy (non-hydrogen) atoms. The lowest BCUT2D eigenvalue weighted by atomic mass is 9.69. The van der Waals surface area contributed by atoms with Crippen molar-refractivity contribution in [3.8, 4) is 0 Å². The number of benzene rings is 1. The average Bonchev–Trinajstić information content (AvgIpc) is 3.09. The van der Waals surface area contributed by atoms with Crippen LogP contribution < -0.4 is 5.73 Å². The molecule has 0 aromatic heterocycles. The molecular weight excluding hydrogens is 360 g/mol. The number of hydrogen-bond acceptors (Lipinski definition) is 4. The minimum absolute atomic E-state index is 0.0430. The summed E-state index contributed by atoms with van der Waals surface area (Å²) in [5.41, 5.74) is 8.11. The summed E-state index contributed by atoms with van der Waals surface area (Å²) >= 11 is 0. The van der Waals surface area contributed by atoms with Crippen LogP contribution in [0.4, 0.5) is 0 Å². The molecule has 3 fully saturated rings. The third kappa shape index (κ3) is 2.52. The predicted molar refractivity (Wildman–Crippen MR) is 105 cm³/mol. The number of aryl methyl sites for hydroxylation is 1. The maximum Gasteiger partial charge on any atom is 0.253 e. The molecule has 1 heterocycles. The van der Waals surface area contributed by atoms with Crippen LogP contribution in [0.25, 0.3) is 0 Å². The minimum Gasteiger partial charge on any atom is -0.320 e. The molecule has 1 aromatic rings. The van der Waals surface area contributed by atoms with Crippen molar-refractivity contribution in [2.45, 2.75) is 65.0 Å². The Balaban J connectivity index is 1.62. The lowest BCUT2D eigenvalue weighted by Crippen LogP contribution is -2.50. The third-order valence-corrected chi connectivity index (χ3v) is 9.80. The molecule has 4 rings (SSSR count). The van der Waals surface area contributed by atoms with Gasteiger partial charge >= 0.3 is 0 Å². The van der Waals surface area contributed by atoms with Gasteiger partial charge in [0.05, 0.1) is 17.8 Å². The van der Waals surface area contributed by atoms with Gasteiger partial charge in [-0.25, -0.2) is 12.7 Å². The molecule has 3 aliphatic rings. The van der Waals surface area contributed by atoms with Crippen LogP contribution in [0.3, 0.4) is 0 Å². The van der Waals surface area contributed by atoms with Gasteiger partial charge in [0.2, 0.25) is 10.0 Å². The van der Waals surface area contributed by atoms with E-state index in [1.165, 1.54) is 4.31 Å². The van der Waals surface area contributed by atoms with Gasteiger partial charge in [-0.2, -0.15) is 0 Å². The van der Waals surface area contributed by atoms with E-state index in [1.807, 2.05) is 24.3 Å². The molecule has 5 nitrogen and oxygen atoms in total. The number of sulfonamides is 1. The second-order valence-corrected chi connectivity index (χ2v) is 11.0. The van der Waals surface area contributed by atoms with Crippen LogP contribution in [-0.2, 0) is 27.7 Å². The fourth-order valence-electron chi connectivity index (χ4n) is 6.17. The van der Waals surface area contributed by atoms with Crippen molar-refractivity contribution < 1.29 is 13.2 Å². The van der Waals surface area contributed by atoms with Crippen LogP contribution in [0.15, 0.2) is 24.3 Å². The Morgan fingerprint density at radius 2 is 1.96 bits per heavy atom. The fourth-order valence-corrected chi connectivity index (χ4v) is 8.75. The van der Waals surface area contributed by atoms with Crippen molar-refractivity contribution >= 4 is 15.9 Å². The van der Waals surface area contributed by atoms with Crippen molar-refractivity contribution in [1.29, 1.82) is 0 Å². The summed E-state index contributed by atoms with van der Waals surface area (Å²) in [6.07, 6.45) is 3.99. The number of nitrogens with two attached hydrogens (primary N) is 1. The molecule has 1 amide bonds. The Hall–Kier alpha value is -1.40. The topological polar surface area (TPSA) is 80.5 Å². The maximum atomic E-state index is 13.2. The van der Waals surface area contributed by atoms with Gasteiger partial charge in [0.1, 0.15) is 0 Å². The van der Waals surface area contributed by atoms with Gasteiger partial charge in [0.15, 0.2) is 0 Å². The first-order chi connectivity index (χ1) is 12.6. The first kappa shape index (κ1) is 18.9. The molecule has 4 atom stereocenters. The molecule has 0 radical (unpaired) electrons. The summed E-state index contributed by atoms with van der Waals surface area (Å²) in [6, 6.07) is 6.88. The lowest BCUT2D eigenvalue weighted by molar-refractivity contribution is -0.130. The number of fused-ring (bicyclic) bond motifs is 1. The first-order valence-electron chi connectivity index (χ1n) is 10.0. The largest absolute Gasteiger partial charge is 0.320 e. The monoisotopic (exact) mass is 390 g/mol. The zero-order chi connectivity index (χ0) is 19.6. The Kier molecular flexibility index (Phi) is 4.24. The number of carbonyl (C=O) groups excluding carboxylic acids is 1. The zero-order valence-corrected chi connectivity index (χ0v) is 17.3. The standard InChI is InChI=1S/C21H30N2O3S/c1-4-14-7-5-6-8-15(14)11-17(22)19(24)23-18-12-16-9-10-21(18,20(16,2)3)13-27(23,25)26/h5-8,16-18H,4,9-13,22H2,1-3H3/t16-,17-,18-,21-/m0/s1. The molecule has 6 heteroatoms. The number of rotatable bonds is 4. The lowest BCUT2D eigenvalue weighted by Gasteiger charge is -2.37. The molecule has 2 aliphatic carbocycles. The molecule has 1 aliphatic heterocycles. The molecule has 0 unspecified atom stereocenters. The van der Waals surface area contributed by atoms with Gasteiger partial charge in [0, 0.05) is 5.41 Å². The normalized spacial score (nSPS) is 33.9. The van der Waals surface area contributed by atoms with Crippen molar-refractivity contribution in [3.63, 3.8) is 0 Å². The van der Waals surface area contributed by atoms with E-state index < -0.39 is 22.0 Å². The van der Waals surface area contributed by atoms with Crippen LogP contribution in [0.1, 0.15) is 51.2 Å². The van der Waals surface area contributed by atoms with Crippen molar-refractivity contribution in [1.82, 2.24) is 4.31 Å². The third-order valence-electron chi connectivity index (χ3n) is 7.88. The quantitative estimate of drug-likeness (QED) is 0.856. The second-order valence-electron chi connectivity index (χ2n) is 9.19. The number of carbonyl (C=O) groups is 1. The van der Waals surface area contributed by atoms with E-state index in [4.69, 9.17) is 5.73 Å². The number of nitrogens with zero attached hydrogens (tertiary/aromatic N) is 1. The summed E-state index contributed by atoms with van der Waals surface area (Å²) in [7, 11) is -3.61. The highest BCUT2D eigenvalue weighted by molar-refractivity contribution is 7.90. The smallest absolute Gasteiger partial charge is 0.253 e. The Morgan fingerprint density at radius 3 is 2.59 bits per heavy atom. The van der Waals surface area contributed by atoms with Gasteiger partial charge in [-0.15, -0.1) is 0 Å². The van der Waals surface area contributed by atoms with E-state index in [9.17, 15) is 13.2 Å². The van der Waals surface area contributed by atoms with Crippen molar-refractivity contribution in [2.24, 2.45) is 22.5 Å². The molecule has 1 aromatic carbocycles. The van der Waals surface area contributed by atoms with Crippen LogP contribution in [0.5, 0.6) is 0 Å². The molecule has 148 valence electrons. The van der Waals surface area contributed by atoms with Gasteiger partial charge in [-0.3, -0.25) is 4.79 Å². The minimum atomic E-state index is -3.61. The van der Waals surface area contributed by atoms with Crippen molar-refractivity contribution in [3.05, 3.63) is 35.4 Å². The van der Waals surface area contributed by atoms with E-state index >= 15 is 0 Å². The first-order valence-corrected chi connectivity index (χ1v) is 11.6. The van der Waals surface area contributed by atoms with E-state index in [2.05, 4.69) is 20.8 Å². The van der Waals surface area contributed by atoms with Crippen LogP contribution in [-0.4, -0.2) is 36.5 Å². The molecule has 2 N–H and O–H groups in total. The number of amides is 1. The van der Waals surface area contributed by atoms with Crippen LogP contribution in [0, 0.1) is 16.7 Å². The van der Waals surface area contributed by atoms with E-state index in [0.29, 0.717) is 12.3 Å². The summed E-state index contributed by atoms with van der Waals surface area (Å²) in [5.74, 6) is 0.162. The van der Waals surface area contributed by atoms with Gasteiger partial charge in [-0.1, -0.05) is 45.0 Å². The predicted octanol–water partition coefficient (Wildman–Crippen LogP) is 2.49. The van der Waals surface area contributed by atoms with Gasteiger partial charge in [0.25, 0.3) is 5.91 Å². The number of hydrogen-bond donors (Lipinski definition) is 1. The molecule has 1 saturated heterocycles. The molecular formula is C21H30N2O3S. The average molecular weight is 391 g/mol. The second kappa shape index (κ2) is 6.05. The fraction of sp³-hybridized carbons (Fsp3) is 0.667. The van der Waals surface area contributed by atoms with Gasteiger partial charge in [-0.05, 0) is 54.6 Å². The molecule has 2 saturated carbocycles. The van der Waals surface area contributed by atoms with E-state index in [1.54, 1.807) is 0 Å². The van der Waals surface area contributed by atoms with Crippen LogP contribution in [0.2, 0.25) is 0 Å². The van der Waals surface area contributed by atoms with Gasteiger partial charge < -0.3 is 5.73 Å². The highest BCUT2D eigenvalue weighted by Gasteiger charge is 2.72. The zero-order valence-electron chi connectivity index (χ0n) is 16.4. The highest BCUT2D eigenvalue weighted by Crippen LogP contribution is 2.69. The maximum absolute atomic E-state index is 13.2. The highest BCUT2D eigenvalue weighted by atomic mass is 32.2. The van der Waals surface area contributed by atoms with Crippen molar-refractivity contribution in [2.75, 3.05) is 5.75 Å². The summed E-state index contributed by atoms with van der Waals surface area (Å²) in [5, 5.41) is 0. The molecule has 2 bridgehead atoms. The Labute approximate surface area is 162 Å². The van der Waals surface area contributed by atoms with Crippen LogP contribution >= 0.6 is 0 Å². The van der Waals surface area contributed by atoms with E-state index in [0.717, 1.165) is 36.8 Å². The molecule has 1 spiro atoms. The summed E-state index contributed by atoms with van der Waals surface area (Å²) in [6.45, 7) is 6.44.